The Hall–Kier alpha value is -2.29. The average Bonchev–Trinajstić information content (AvgIpc) is 2.68. The van der Waals surface area contributed by atoms with Crippen molar-refractivity contribution in [1.82, 2.24) is 4.98 Å². The maximum Gasteiger partial charge on any atom is 0.119 e. The van der Waals surface area contributed by atoms with Crippen molar-refractivity contribution in [3.05, 3.63) is 62.5 Å². The normalized spacial score (nSPS) is 10.4. The van der Waals surface area contributed by atoms with Gasteiger partial charge in [0.2, 0.25) is 0 Å². The summed E-state index contributed by atoms with van der Waals surface area (Å²) in [5.41, 5.74) is 5.08. The summed E-state index contributed by atoms with van der Waals surface area (Å²) in [6.45, 7) is 1.99. The van der Waals surface area contributed by atoms with Gasteiger partial charge in [-0.1, -0.05) is 37.8 Å². The number of aryl methyl sites for hydroxylation is 1. The van der Waals surface area contributed by atoms with Crippen molar-refractivity contribution in [2.75, 3.05) is 14.2 Å². The predicted octanol–water partition coefficient (Wildman–Crippen LogP) is 6.25. The molecule has 0 aliphatic rings. The van der Waals surface area contributed by atoms with Crippen LogP contribution in [0.3, 0.4) is 0 Å². The highest BCUT2D eigenvalue weighted by molar-refractivity contribution is 9.11. The van der Waals surface area contributed by atoms with Gasteiger partial charge in [0.15, 0.2) is 0 Å². The van der Waals surface area contributed by atoms with E-state index >= 15 is 0 Å². The molecule has 1 aromatic heterocycles. The third kappa shape index (κ3) is 3.87. The van der Waals surface area contributed by atoms with E-state index in [4.69, 9.17) is 20.9 Å². The summed E-state index contributed by atoms with van der Waals surface area (Å²) in [7, 11) is 3.28. The Morgan fingerprint density at radius 1 is 0.889 bits per heavy atom. The van der Waals surface area contributed by atoms with E-state index in [0.29, 0.717) is 0 Å². The summed E-state index contributed by atoms with van der Waals surface area (Å²) >= 11 is 7.22. The number of pyridine rings is 1. The second kappa shape index (κ2) is 8.16. The predicted molar refractivity (Wildman–Crippen MR) is 116 cm³/mol. The second-order valence-electron chi connectivity index (χ2n) is 5.88. The molecule has 5 heteroatoms. The highest BCUT2D eigenvalue weighted by Crippen LogP contribution is 2.37. The standard InChI is InChI=1S/C22H17Br2NO2/c1-5-16-13(2)10-21(17-11-14(26-3)6-8-19(17)23)25-22(16)18-12-15(27-4)7-9-20(18)24/h1,6-12H,2-4H3. The minimum Gasteiger partial charge on any atom is -0.497 e. The summed E-state index contributed by atoms with van der Waals surface area (Å²) in [5.74, 6) is 4.28. The number of terminal acetylenes is 1. The lowest BCUT2D eigenvalue weighted by Gasteiger charge is -2.14. The van der Waals surface area contributed by atoms with Gasteiger partial charge in [-0.3, -0.25) is 0 Å². The zero-order chi connectivity index (χ0) is 19.6. The minimum atomic E-state index is 0.730. The summed E-state index contributed by atoms with van der Waals surface area (Å²) in [6.07, 6.45) is 5.81. The van der Waals surface area contributed by atoms with Crippen LogP contribution in [0, 0.1) is 19.3 Å². The van der Waals surface area contributed by atoms with Crippen LogP contribution in [0.5, 0.6) is 11.5 Å². The highest BCUT2D eigenvalue weighted by atomic mass is 79.9. The van der Waals surface area contributed by atoms with E-state index in [-0.39, 0.29) is 0 Å². The van der Waals surface area contributed by atoms with E-state index in [1.54, 1.807) is 14.2 Å². The smallest absolute Gasteiger partial charge is 0.119 e. The monoisotopic (exact) mass is 485 g/mol. The number of nitrogens with zero attached hydrogens (tertiary/aromatic N) is 1. The van der Waals surface area contributed by atoms with E-state index in [2.05, 4.69) is 37.8 Å². The number of methoxy groups -OCH3 is 2. The van der Waals surface area contributed by atoms with Gasteiger partial charge in [0, 0.05) is 20.1 Å². The van der Waals surface area contributed by atoms with Crippen molar-refractivity contribution in [1.29, 1.82) is 0 Å². The zero-order valence-corrected chi connectivity index (χ0v) is 18.3. The highest BCUT2D eigenvalue weighted by Gasteiger charge is 2.16. The molecule has 0 bridgehead atoms. The van der Waals surface area contributed by atoms with Crippen molar-refractivity contribution in [3.63, 3.8) is 0 Å². The average molecular weight is 487 g/mol. The summed E-state index contributed by atoms with van der Waals surface area (Å²) in [5, 5.41) is 0. The Labute approximate surface area is 176 Å². The van der Waals surface area contributed by atoms with Gasteiger partial charge < -0.3 is 9.47 Å². The lowest BCUT2D eigenvalue weighted by Crippen LogP contribution is -1.98. The molecule has 3 nitrogen and oxygen atoms in total. The lowest BCUT2D eigenvalue weighted by atomic mass is 9.99. The Bertz CT molecular complexity index is 1050. The SMILES string of the molecule is C#Cc1c(C)cc(-c2cc(OC)ccc2Br)nc1-c1cc(OC)ccc1Br. The van der Waals surface area contributed by atoms with Crippen LogP contribution in [0.2, 0.25) is 0 Å². The first-order valence-corrected chi connectivity index (χ1v) is 9.73. The van der Waals surface area contributed by atoms with Crippen LogP contribution in [-0.4, -0.2) is 19.2 Å². The summed E-state index contributed by atoms with van der Waals surface area (Å²) in [4.78, 5) is 4.90. The largest absolute Gasteiger partial charge is 0.497 e. The van der Waals surface area contributed by atoms with Crippen LogP contribution in [0.1, 0.15) is 11.1 Å². The van der Waals surface area contributed by atoms with Gasteiger partial charge in [-0.15, -0.1) is 6.42 Å². The van der Waals surface area contributed by atoms with Crippen molar-refractivity contribution < 1.29 is 9.47 Å². The number of ether oxygens (including phenoxy) is 2. The molecule has 0 atom stereocenters. The summed E-state index contributed by atoms with van der Waals surface area (Å²) in [6, 6.07) is 13.5. The van der Waals surface area contributed by atoms with Crippen molar-refractivity contribution >= 4 is 31.9 Å². The first kappa shape index (κ1) is 19.5. The van der Waals surface area contributed by atoms with Crippen LogP contribution in [0.25, 0.3) is 22.5 Å². The third-order valence-corrected chi connectivity index (χ3v) is 5.62. The molecule has 0 N–H and O–H groups in total. The Balaban J connectivity index is 2.29. The van der Waals surface area contributed by atoms with Crippen molar-refractivity contribution in [2.45, 2.75) is 6.92 Å². The molecule has 0 aliphatic carbocycles. The zero-order valence-electron chi connectivity index (χ0n) is 15.1. The van der Waals surface area contributed by atoms with Gasteiger partial charge in [0.25, 0.3) is 0 Å². The van der Waals surface area contributed by atoms with Crippen LogP contribution < -0.4 is 9.47 Å². The second-order valence-corrected chi connectivity index (χ2v) is 7.59. The number of rotatable bonds is 4. The van der Waals surface area contributed by atoms with Gasteiger partial charge >= 0.3 is 0 Å². The van der Waals surface area contributed by atoms with Crippen LogP contribution in [0.15, 0.2) is 51.4 Å². The first-order valence-electron chi connectivity index (χ1n) is 8.14. The first-order chi connectivity index (χ1) is 13.0. The number of aromatic nitrogens is 1. The van der Waals surface area contributed by atoms with E-state index in [0.717, 1.165) is 54.1 Å². The third-order valence-electron chi connectivity index (χ3n) is 4.24. The lowest BCUT2D eigenvalue weighted by molar-refractivity contribution is 0.415. The maximum atomic E-state index is 5.81. The van der Waals surface area contributed by atoms with E-state index in [1.165, 1.54) is 0 Å². The molecule has 1 heterocycles. The Morgan fingerprint density at radius 2 is 1.44 bits per heavy atom. The molecule has 0 fully saturated rings. The minimum absolute atomic E-state index is 0.730. The van der Waals surface area contributed by atoms with Crippen LogP contribution in [0.4, 0.5) is 0 Å². The van der Waals surface area contributed by atoms with E-state index in [1.807, 2.05) is 49.4 Å². The van der Waals surface area contributed by atoms with Crippen molar-refractivity contribution in [3.8, 4) is 46.4 Å². The number of hydrogen-bond acceptors (Lipinski definition) is 3. The van der Waals surface area contributed by atoms with Gasteiger partial charge in [0.05, 0.1) is 31.2 Å². The van der Waals surface area contributed by atoms with E-state index < -0.39 is 0 Å². The molecule has 0 saturated carbocycles. The fourth-order valence-corrected chi connectivity index (χ4v) is 3.71. The van der Waals surface area contributed by atoms with Gasteiger partial charge in [-0.25, -0.2) is 4.98 Å². The molecule has 2 aromatic carbocycles. The maximum absolute atomic E-state index is 5.81. The Morgan fingerprint density at radius 3 is 2.00 bits per heavy atom. The number of hydrogen-bond donors (Lipinski definition) is 0. The number of benzene rings is 2. The Kier molecular flexibility index (Phi) is 5.88. The molecule has 3 aromatic rings. The molecule has 3 rings (SSSR count). The van der Waals surface area contributed by atoms with Gasteiger partial charge in [-0.05, 0) is 55.0 Å². The molecular weight excluding hydrogens is 470 g/mol. The summed E-state index contributed by atoms with van der Waals surface area (Å²) < 4.78 is 12.6. The fourth-order valence-electron chi connectivity index (χ4n) is 2.83. The van der Waals surface area contributed by atoms with Crippen molar-refractivity contribution in [2.24, 2.45) is 0 Å². The molecule has 0 amide bonds. The topological polar surface area (TPSA) is 31.4 Å². The quantitative estimate of drug-likeness (QED) is 0.408. The van der Waals surface area contributed by atoms with Gasteiger partial charge in [-0.2, -0.15) is 0 Å². The van der Waals surface area contributed by atoms with E-state index in [9.17, 15) is 0 Å². The molecular formula is C22H17Br2NO2. The molecule has 0 radical (unpaired) electrons. The molecule has 0 saturated heterocycles. The molecule has 136 valence electrons. The fraction of sp³-hybridized carbons (Fsp3) is 0.136. The van der Waals surface area contributed by atoms with Crippen LogP contribution in [-0.2, 0) is 0 Å². The van der Waals surface area contributed by atoms with Gasteiger partial charge in [0.1, 0.15) is 11.5 Å². The number of halogens is 2. The molecule has 0 aliphatic heterocycles. The molecule has 0 unspecified atom stereocenters. The van der Waals surface area contributed by atoms with Crippen LogP contribution >= 0.6 is 31.9 Å². The molecule has 0 spiro atoms. The molecule has 27 heavy (non-hydrogen) atoms.